The molecule has 0 amide bonds. The van der Waals surface area contributed by atoms with Crippen molar-refractivity contribution in [3.05, 3.63) is 89.3 Å². The monoisotopic (exact) mass is 384 g/mol. The third kappa shape index (κ3) is 3.12. The van der Waals surface area contributed by atoms with Crippen LogP contribution in [0.1, 0.15) is 11.3 Å². The zero-order chi connectivity index (χ0) is 18.9. The lowest BCUT2D eigenvalue weighted by Gasteiger charge is -2.23. The predicted octanol–water partition coefficient (Wildman–Crippen LogP) is 5.70. The molecule has 2 heterocycles. The number of hydrogen-bond donors (Lipinski definition) is 1. The van der Waals surface area contributed by atoms with E-state index in [1.54, 1.807) is 12.4 Å². The van der Waals surface area contributed by atoms with E-state index >= 15 is 0 Å². The van der Waals surface area contributed by atoms with Crippen molar-refractivity contribution in [1.29, 1.82) is 0 Å². The molecule has 136 valence electrons. The zero-order valence-corrected chi connectivity index (χ0v) is 15.8. The summed E-state index contributed by atoms with van der Waals surface area (Å²) in [5.74, 6) is 0.586. The molecule has 0 saturated carbocycles. The molecule has 0 bridgehead atoms. The van der Waals surface area contributed by atoms with Crippen molar-refractivity contribution in [1.82, 2.24) is 15.0 Å². The summed E-state index contributed by atoms with van der Waals surface area (Å²) in [6, 6.07) is 20.2. The molecule has 1 N–H and O–H groups in total. The van der Waals surface area contributed by atoms with Gasteiger partial charge in [0.25, 0.3) is 0 Å². The summed E-state index contributed by atoms with van der Waals surface area (Å²) in [6.07, 6.45) is 5.28. The van der Waals surface area contributed by atoms with Crippen LogP contribution < -0.4 is 5.32 Å². The van der Waals surface area contributed by atoms with Crippen LogP contribution in [-0.2, 0) is 12.8 Å². The molecule has 1 aliphatic rings. The van der Waals surface area contributed by atoms with Gasteiger partial charge in [-0.1, -0.05) is 48.0 Å². The van der Waals surface area contributed by atoms with Gasteiger partial charge in [-0.25, -0.2) is 9.97 Å². The molecule has 0 spiro atoms. The number of nitrogens with one attached hydrogen (secondary N) is 1. The van der Waals surface area contributed by atoms with Crippen molar-refractivity contribution in [3.63, 3.8) is 0 Å². The molecule has 4 nitrogen and oxygen atoms in total. The third-order valence-electron chi connectivity index (χ3n) is 4.92. The average Bonchev–Trinajstić information content (AvgIpc) is 2.74. The van der Waals surface area contributed by atoms with Gasteiger partial charge < -0.3 is 5.32 Å². The number of pyridine rings is 1. The van der Waals surface area contributed by atoms with E-state index < -0.39 is 0 Å². The maximum absolute atomic E-state index is 6.23. The first kappa shape index (κ1) is 16.9. The third-order valence-corrected chi connectivity index (χ3v) is 5.15. The molecule has 0 unspecified atom stereocenters. The van der Waals surface area contributed by atoms with Crippen LogP contribution in [0.4, 0.5) is 11.6 Å². The number of nitrogens with zero attached hydrogens (tertiary/aromatic N) is 3. The van der Waals surface area contributed by atoms with Crippen LogP contribution in [0.2, 0.25) is 5.02 Å². The predicted molar refractivity (Wildman–Crippen MR) is 113 cm³/mol. The van der Waals surface area contributed by atoms with Crippen LogP contribution in [0.15, 0.2) is 73.1 Å². The summed E-state index contributed by atoms with van der Waals surface area (Å²) in [5.41, 5.74) is 7.42. The van der Waals surface area contributed by atoms with Gasteiger partial charge in [-0.05, 0) is 48.2 Å². The molecule has 0 fully saturated rings. The summed E-state index contributed by atoms with van der Waals surface area (Å²) in [5, 5.41) is 4.05. The quantitative estimate of drug-likeness (QED) is 0.492. The summed E-state index contributed by atoms with van der Waals surface area (Å²) in [6.45, 7) is 0. The molecule has 28 heavy (non-hydrogen) atoms. The molecule has 2 aromatic carbocycles. The normalized spacial score (nSPS) is 12.2. The fourth-order valence-electron chi connectivity index (χ4n) is 3.66. The van der Waals surface area contributed by atoms with E-state index in [2.05, 4.69) is 34.6 Å². The van der Waals surface area contributed by atoms with Crippen molar-refractivity contribution in [2.45, 2.75) is 12.8 Å². The number of aromatic nitrogens is 3. The van der Waals surface area contributed by atoms with Gasteiger partial charge in [0, 0.05) is 22.3 Å². The number of halogens is 1. The topological polar surface area (TPSA) is 50.7 Å². The van der Waals surface area contributed by atoms with Gasteiger partial charge in [0.05, 0.1) is 23.3 Å². The first-order chi connectivity index (χ1) is 13.8. The molecular weight excluding hydrogens is 368 g/mol. The van der Waals surface area contributed by atoms with Crippen molar-refractivity contribution in [3.8, 4) is 22.4 Å². The van der Waals surface area contributed by atoms with Crippen LogP contribution in [-0.4, -0.2) is 15.0 Å². The Hall–Kier alpha value is -3.24. The van der Waals surface area contributed by atoms with Gasteiger partial charge >= 0.3 is 0 Å². The summed E-state index contributed by atoms with van der Waals surface area (Å²) < 4.78 is 0. The number of fused-ring (bicyclic) bond motifs is 3. The smallest absolute Gasteiger partial charge is 0.228 e. The second-order valence-electron chi connectivity index (χ2n) is 6.75. The van der Waals surface area contributed by atoms with Crippen molar-refractivity contribution in [2.24, 2.45) is 0 Å². The van der Waals surface area contributed by atoms with Gasteiger partial charge in [0.2, 0.25) is 5.95 Å². The van der Waals surface area contributed by atoms with Crippen molar-refractivity contribution >= 4 is 23.2 Å². The molecule has 5 rings (SSSR count). The molecule has 0 radical (unpaired) electrons. The lowest BCUT2D eigenvalue weighted by molar-refractivity contribution is 0.888. The Morgan fingerprint density at radius 2 is 1.79 bits per heavy atom. The maximum atomic E-state index is 6.23. The second kappa shape index (κ2) is 7.06. The minimum atomic E-state index is 0.586. The summed E-state index contributed by atoms with van der Waals surface area (Å²) in [7, 11) is 0. The molecule has 4 aromatic rings. The molecule has 1 aliphatic carbocycles. The SMILES string of the molecule is Clc1ccc2c(c1)CCc1nc(Nc3cccnc3)nc(-c3ccccc3)c1-2. The fraction of sp³-hybridized carbons (Fsp3) is 0.0870. The van der Waals surface area contributed by atoms with Gasteiger partial charge in [-0.15, -0.1) is 0 Å². The van der Waals surface area contributed by atoms with E-state index in [1.165, 1.54) is 5.56 Å². The second-order valence-corrected chi connectivity index (χ2v) is 7.19. The number of aryl methyl sites for hydroxylation is 2. The first-order valence-electron chi connectivity index (χ1n) is 9.20. The number of rotatable bonds is 3. The van der Waals surface area contributed by atoms with Gasteiger partial charge in [0.1, 0.15) is 0 Å². The standard InChI is InChI=1S/C23H17ClN4/c24-17-9-10-19-16(13-17)8-11-20-21(19)22(15-5-2-1-3-6-15)28-23(27-20)26-18-7-4-12-25-14-18/h1-7,9-10,12-14H,8,11H2,(H,26,27,28). The maximum Gasteiger partial charge on any atom is 0.228 e. The number of benzene rings is 2. The van der Waals surface area contributed by atoms with E-state index in [-0.39, 0.29) is 0 Å². The van der Waals surface area contributed by atoms with Crippen molar-refractivity contribution < 1.29 is 0 Å². The highest BCUT2D eigenvalue weighted by atomic mass is 35.5. The van der Waals surface area contributed by atoms with Crippen LogP contribution in [0, 0.1) is 0 Å². The Balaban J connectivity index is 1.70. The molecule has 5 heteroatoms. The highest BCUT2D eigenvalue weighted by Crippen LogP contribution is 2.40. The minimum Gasteiger partial charge on any atom is -0.323 e. The van der Waals surface area contributed by atoms with Crippen LogP contribution in [0.5, 0.6) is 0 Å². The Morgan fingerprint density at radius 3 is 2.61 bits per heavy atom. The molecule has 0 aliphatic heterocycles. The Kier molecular flexibility index (Phi) is 4.26. The highest BCUT2D eigenvalue weighted by molar-refractivity contribution is 6.30. The fourth-order valence-corrected chi connectivity index (χ4v) is 3.86. The van der Waals surface area contributed by atoms with E-state index in [9.17, 15) is 0 Å². The highest BCUT2D eigenvalue weighted by Gasteiger charge is 2.23. The molecule has 2 aromatic heterocycles. The molecular formula is C23H17ClN4. The Morgan fingerprint density at radius 1 is 0.893 bits per heavy atom. The van der Waals surface area contributed by atoms with E-state index in [0.717, 1.165) is 51.6 Å². The Bertz CT molecular complexity index is 1140. The van der Waals surface area contributed by atoms with E-state index in [4.69, 9.17) is 21.6 Å². The number of hydrogen-bond acceptors (Lipinski definition) is 4. The first-order valence-corrected chi connectivity index (χ1v) is 9.58. The molecule has 0 atom stereocenters. The van der Waals surface area contributed by atoms with E-state index in [0.29, 0.717) is 5.95 Å². The van der Waals surface area contributed by atoms with Crippen molar-refractivity contribution in [2.75, 3.05) is 5.32 Å². The lowest BCUT2D eigenvalue weighted by atomic mass is 9.86. The zero-order valence-electron chi connectivity index (χ0n) is 15.1. The minimum absolute atomic E-state index is 0.586. The lowest BCUT2D eigenvalue weighted by Crippen LogP contribution is -2.11. The Labute approximate surface area is 168 Å². The summed E-state index contributed by atoms with van der Waals surface area (Å²) in [4.78, 5) is 13.9. The van der Waals surface area contributed by atoms with E-state index in [1.807, 2.05) is 36.4 Å². The number of anilines is 2. The molecule has 0 saturated heterocycles. The average molecular weight is 385 g/mol. The summed E-state index contributed by atoms with van der Waals surface area (Å²) >= 11 is 6.23. The van der Waals surface area contributed by atoms with Gasteiger partial charge in [-0.2, -0.15) is 0 Å². The van der Waals surface area contributed by atoms with Gasteiger partial charge in [0.15, 0.2) is 0 Å². The van der Waals surface area contributed by atoms with Gasteiger partial charge in [-0.3, -0.25) is 4.98 Å². The van der Waals surface area contributed by atoms with Crippen LogP contribution >= 0.6 is 11.6 Å². The van der Waals surface area contributed by atoms with Crippen LogP contribution in [0.3, 0.4) is 0 Å². The van der Waals surface area contributed by atoms with Crippen LogP contribution in [0.25, 0.3) is 22.4 Å². The largest absolute Gasteiger partial charge is 0.323 e.